The third-order valence-electron chi connectivity index (χ3n) is 9.81. The molecule has 1 aromatic rings. The predicted octanol–water partition coefficient (Wildman–Crippen LogP) is 5.20. The van der Waals surface area contributed by atoms with Gasteiger partial charge in [-0.1, -0.05) is 6.92 Å². The van der Waals surface area contributed by atoms with Crippen molar-refractivity contribution in [2.24, 2.45) is 46.8 Å². The Kier molecular flexibility index (Phi) is 5.27. The normalized spacial score (nSPS) is 45.3. The van der Waals surface area contributed by atoms with Crippen molar-refractivity contribution >= 4 is 0 Å². The van der Waals surface area contributed by atoms with Crippen molar-refractivity contribution in [3.8, 4) is 0 Å². The largest absolute Gasteiger partial charge is 0.384 e. The Morgan fingerprint density at radius 3 is 2.61 bits per heavy atom. The molecule has 0 N–H and O–H groups in total. The summed E-state index contributed by atoms with van der Waals surface area (Å²) in [5.74, 6) is 6.78. The lowest BCUT2D eigenvalue weighted by molar-refractivity contribution is -0.0728. The van der Waals surface area contributed by atoms with Crippen LogP contribution in [-0.4, -0.2) is 28.7 Å². The fourth-order valence-corrected chi connectivity index (χ4v) is 8.55. The lowest BCUT2D eigenvalue weighted by Gasteiger charge is -2.56. The van der Waals surface area contributed by atoms with E-state index in [1.54, 1.807) is 0 Å². The average molecular weight is 386 g/mol. The van der Waals surface area contributed by atoms with Crippen LogP contribution in [0.1, 0.15) is 71.1 Å². The van der Waals surface area contributed by atoms with E-state index >= 15 is 0 Å². The molecule has 0 aromatic carbocycles. The van der Waals surface area contributed by atoms with Crippen molar-refractivity contribution in [1.29, 1.82) is 0 Å². The van der Waals surface area contributed by atoms with Crippen LogP contribution >= 0.6 is 0 Å². The minimum Gasteiger partial charge on any atom is -0.384 e. The topological polar surface area (TPSA) is 39.9 Å². The summed E-state index contributed by atoms with van der Waals surface area (Å²) >= 11 is 0. The Morgan fingerprint density at radius 2 is 1.79 bits per heavy atom. The summed E-state index contributed by atoms with van der Waals surface area (Å²) in [5.41, 5.74) is 0.578. The van der Waals surface area contributed by atoms with Crippen LogP contribution in [0.3, 0.4) is 0 Å². The molecule has 0 bridgehead atoms. The highest BCUT2D eigenvalue weighted by Crippen LogP contribution is 2.64. The first kappa shape index (κ1) is 19.1. The molecule has 8 atom stereocenters. The van der Waals surface area contributed by atoms with Crippen LogP contribution in [0.2, 0.25) is 0 Å². The lowest BCUT2D eigenvalue weighted by Crippen LogP contribution is -2.48. The van der Waals surface area contributed by atoms with Crippen molar-refractivity contribution in [2.75, 3.05) is 13.7 Å². The van der Waals surface area contributed by atoms with Crippen molar-refractivity contribution in [1.82, 2.24) is 15.0 Å². The summed E-state index contributed by atoms with van der Waals surface area (Å²) < 4.78 is 5.49. The summed E-state index contributed by atoms with van der Waals surface area (Å²) in [4.78, 5) is 1.89. The highest BCUT2D eigenvalue weighted by atomic mass is 16.5. The van der Waals surface area contributed by atoms with E-state index in [2.05, 4.69) is 17.1 Å². The molecule has 0 aliphatic heterocycles. The highest BCUT2D eigenvalue weighted by Gasteiger charge is 2.56. The highest BCUT2D eigenvalue weighted by molar-refractivity contribution is 5.05. The summed E-state index contributed by atoms with van der Waals surface area (Å²) in [6.07, 6.45) is 18.2. The van der Waals surface area contributed by atoms with E-state index in [-0.39, 0.29) is 0 Å². The van der Waals surface area contributed by atoms with Gasteiger partial charge in [0.15, 0.2) is 0 Å². The molecule has 2 unspecified atom stereocenters. The zero-order valence-electron chi connectivity index (χ0n) is 17.9. The first-order valence-corrected chi connectivity index (χ1v) is 12.0. The van der Waals surface area contributed by atoms with Gasteiger partial charge in [0.2, 0.25) is 0 Å². The van der Waals surface area contributed by atoms with E-state index in [0.29, 0.717) is 5.41 Å². The zero-order valence-corrected chi connectivity index (χ0v) is 17.9. The molecule has 5 rings (SSSR count). The van der Waals surface area contributed by atoms with Crippen LogP contribution in [0.5, 0.6) is 0 Å². The van der Waals surface area contributed by atoms with E-state index in [0.717, 1.165) is 54.6 Å². The van der Waals surface area contributed by atoms with Crippen molar-refractivity contribution < 1.29 is 4.74 Å². The number of ether oxygens (including phenoxy) is 1. The van der Waals surface area contributed by atoms with Crippen LogP contribution in [0.25, 0.3) is 0 Å². The van der Waals surface area contributed by atoms with Gasteiger partial charge in [-0.2, -0.15) is 15.0 Å². The first-order valence-electron chi connectivity index (χ1n) is 12.0. The Labute approximate surface area is 170 Å². The predicted molar refractivity (Wildman–Crippen MR) is 111 cm³/mol. The van der Waals surface area contributed by atoms with Gasteiger partial charge < -0.3 is 4.74 Å². The number of rotatable bonds is 5. The number of hydrogen-bond donors (Lipinski definition) is 0. The molecule has 4 aliphatic carbocycles. The third kappa shape index (κ3) is 3.24. The number of aryl methyl sites for hydroxylation is 1. The van der Waals surface area contributed by atoms with Crippen LogP contribution < -0.4 is 0 Å². The second kappa shape index (κ2) is 7.74. The number of hydrogen-bond acceptors (Lipinski definition) is 3. The Bertz CT molecular complexity index is 646. The smallest absolute Gasteiger partial charge is 0.0693 e. The quantitative estimate of drug-likeness (QED) is 0.699. The molecule has 4 aliphatic rings. The maximum Gasteiger partial charge on any atom is 0.0693 e. The molecule has 1 aromatic heterocycles. The van der Waals surface area contributed by atoms with Gasteiger partial charge in [0, 0.05) is 13.7 Å². The van der Waals surface area contributed by atoms with Crippen LogP contribution in [0.15, 0.2) is 12.4 Å². The van der Waals surface area contributed by atoms with Gasteiger partial charge in [0.25, 0.3) is 0 Å². The van der Waals surface area contributed by atoms with Gasteiger partial charge in [-0.15, -0.1) is 0 Å². The van der Waals surface area contributed by atoms with Gasteiger partial charge in [0.05, 0.1) is 18.9 Å². The third-order valence-corrected chi connectivity index (χ3v) is 9.81. The summed E-state index contributed by atoms with van der Waals surface area (Å²) in [6.45, 7) is 4.65. The number of fused-ring (bicyclic) bond motifs is 5. The van der Waals surface area contributed by atoms with Gasteiger partial charge in [-0.3, -0.25) is 0 Å². The second-order valence-electron chi connectivity index (χ2n) is 10.8. The van der Waals surface area contributed by atoms with Gasteiger partial charge in [0.1, 0.15) is 0 Å². The molecule has 1 heterocycles. The Hall–Kier alpha value is -0.900. The van der Waals surface area contributed by atoms with E-state index < -0.39 is 0 Å². The van der Waals surface area contributed by atoms with Crippen LogP contribution in [0.4, 0.5) is 0 Å². The fourth-order valence-electron chi connectivity index (χ4n) is 8.55. The molecule has 0 amide bonds. The van der Waals surface area contributed by atoms with Gasteiger partial charge in [-0.25, -0.2) is 0 Å². The molecule has 4 saturated carbocycles. The standard InChI is InChI=1S/C24H39N3O/c1-24-11-9-21-20-6-3-17(16-28-2)15-18(20)4-7-22(21)23(24)8-5-19(24)10-14-27-25-12-13-26-27/h12-13,17-23H,3-11,14-16H2,1-2H3/t17-,18+,19+,20-,21?,22+,23?,24+/m0/s1. The molecular formula is C24H39N3O. The lowest BCUT2D eigenvalue weighted by atomic mass is 9.49. The van der Waals surface area contributed by atoms with Gasteiger partial charge >= 0.3 is 0 Å². The number of methoxy groups -OCH3 is 1. The summed E-state index contributed by atoms with van der Waals surface area (Å²) in [7, 11) is 1.88. The van der Waals surface area contributed by atoms with E-state index in [1.165, 1.54) is 64.2 Å². The zero-order chi connectivity index (χ0) is 19.1. The fraction of sp³-hybridized carbons (Fsp3) is 0.917. The Balaban J connectivity index is 1.25. The maximum absolute atomic E-state index is 5.49. The summed E-state index contributed by atoms with van der Waals surface area (Å²) in [6, 6.07) is 0. The molecule has 4 nitrogen and oxygen atoms in total. The SMILES string of the molecule is COC[C@H]1CC[C@@H]2C3CC[C@@]4(C)C(CC[C@@H]4CCn4nccn4)[C@@H]3CC[C@@H]2C1. The van der Waals surface area contributed by atoms with E-state index in [9.17, 15) is 0 Å². The maximum atomic E-state index is 5.49. The molecule has 0 saturated heterocycles. The number of aromatic nitrogens is 3. The van der Waals surface area contributed by atoms with Crippen molar-refractivity contribution in [2.45, 2.75) is 77.7 Å². The molecule has 0 radical (unpaired) electrons. The molecule has 4 heteroatoms. The molecule has 28 heavy (non-hydrogen) atoms. The molecule has 4 fully saturated rings. The van der Waals surface area contributed by atoms with Crippen LogP contribution in [0, 0.1) is 46.8 Å². The Morgan fingerprint density at radius 1 is 0.964 bits per heavy atom. The molecule has 156 valence electrons. The molecular weight excluding hydrogens is 346 g/mol. The van der Waals surface area contributed by atoms with Crippen LogP contribution in [-0.2, 0) is 11.3 Å². The van der Waals surface area contributed by atoms with E-state index in [4.69, 9.17) is 4.74 Å². The van der Waals surface area contributed by atoms with Crippen molar-refractivity contribution in [3.63, 3.8) is 0 Å². The van der Waals surface area contributed by atoms with E-state index in [1.807, 2.05) is 24.3 Å². The van der Waals surface area contributed by atoms with Crippen molar-refractivity contribution in [3.05, 3.63) is 12.4 Å². The summed E-state index contributed by atoms with van der Waals surface area (Å²) in [5, 5.41) is 8.66. The first-order chi connectivity index (χ1) is 13.7. The average Bonchev–Trinajstić information content (AvgIpc) is 3.33. The molecule has 0 spiro atoms. The minimum atomic E-state index is 0.578. The van der Waals surface area contributed by atoms with Gasteiger partial charge in [-0.05, 0) is 111 Å². The monoisotopic (exact) mass is 385 g/mol. The second-order valence-corrected chi connectivity index (χ2v) is 10.8. The minimum absolute atomic E-state index is 0.578. The number of nitrogens with zero attached hydrogens (tertiary/aromatic N) is 3.